The van der Waals surface area contributed by atoms with Crippen LogP contribution in [-0.4, -0.2) is 13.0 Å². The summed E-state index contributed by atoms with van der Waals surface area (Å²) in [5.74, 6) is -0.239. The number of anilines is 1. The van der Waals surface area contributed by atoms with E-state index in [-0.39, 0.29) is 5.91 Å². The molecule has 0 atom stereocenters. The Balaban J connectivity index is 2.30. The predicted molar refractivity (Wildman–Crippen MR) is 80.4 cm³/mol. The lowest BCUT2D eigenvalue weighted by molar-refractivity contribution is 0.0993. The maximum atomic E-state index is 12.4. The molecule has 0 heterocycles. The van der Waals surface area contributed by atoms with Crippen LogP contribution in [0.15, 0.2) is 42.5 Å². The first-order valence-corrected chi connectivity index (χ1v) is 6.52. The zero-order valence-corrected chi connectivity index (χ0v) is 12.1. The maximum absolute atomic E-state index is 12.4. The minimum absolute atomic E-state index is 0.239. The topological polar surface area (TPSA) is 44.1 Å². The molecule has 0 aliphatic rings. The molecular weight excluding hydrogens is 295 g/mol. The van der Waals surface area contributed by atoms with Crippen molar-refractivity contribution < 1.29 is 4.79 Å². The van der Waals surface area contributed by atoms with E-state index in [1.54, 1.807) is 43.4 Å². The molecule has 0 unspecified atom stereocenters. The second-order valence-corrected chi connectivity index (χ2v) is 4.99. The Hall–Kier alpha value is -2.02. The minimum atomic E-state index is -0.239. The Morgan fingerprint density at radius 1 is 1.15 bits per heavy atom. The molecule has 0 saturated carbocycles. The fourth-order valence-electron chi connectivity index (χ4n) is 1.72. The van der Waals surface area contributed by atoms with E-state index in [1.165, 1.54) is 11.0 Å². The van der Waals surface area contributed by atoms with Gasteiger partial charge in [0.15, 0.2) is 0 Å². The quantitative estimate of drug-likeness (QED) is 0.837. The Labute approximate surface area is 127 Å². The first kappa shape index (κ1) is 14.4. The highest BCUT2D eigenvalue weighted by molar-refractivity contribution is 6.37. The van der Waals surface area contributed by atoms with Crippen molar-refractivity contribution in [2.75, 3.05) is 11.9 Å². The van der Waals surface area contributed by atoms with E-state index >= 15 is 0 Å². The summed E-state index contributed by atoms with van der Waals surface area (Å²) in [6, 6.07) is 13.5. The summed E-state index contributed by atoms with van der Waals surface area (Å²) < 4.78 is 0. The summed E-state index contributed by atoms with van der Waals surface area (Å²) in [7, 11) is 1.65. The number of benzene rings is 2. The number of carbonyl (C=O) groups excluding carboxylic acids is 1. The summed E-state index contributed by atoms with van der Waals surface area (Å²) in [4.78, 5) is 13.8. The summed E-state index contributed by atoms with van der Waals surface area (Å²) in [6.45, 7) is 0. The van der Waals surface area contributed by atoms with E-state index in [2.05, 4.69) is 0 Å². The monoisotopic (exact) mass is 304 g/mol. The van der Waals surface area contributed by atoms with Gasteiger partial charge in [-0.3, -0.25) is 4.79 Å². The van der Waals surface area contributed by atoms with Gasteiger partial charge < -0.3 is 4.90 Å². The SMILES string of the molecule is CN(C(=O)c1ccc(Cl)cc1Cl)c1ccc(C#N)cc1. The molecule has 1 amide bonds. The highest BCUT2D eigenvalue weighted by Crippen LogP contribution is 2.24. The molecule has 2 rings (SSSR count). The van der Waals surface area contributed by atoms with Crippen LogP contribution in [0.5, 0.6) is 0 Å². The van der Waals surface area contributed by atoms with Gasteiger partial charge in [0.1, 0.15) is 0 Å². The highest BCUT2D eigenvalue weighted by Gasteiger charge is 2.16. The van der Waals surface area contributed by atoms with Crippen molar-refractivity contribution in [3.63, 3.8) is 0 Å². The molecule has 20 heavy (non-hydrogen) atoms. The second kappa shape index (κ2) is 5.96. The number of halogens is 2. The molecule has 0 aliphatic heterocycles. The molecule has 0 aliphatic carbocycles. The Bertz CT molecular complexity index is 690. The Kier molecular flexibility index (Phi) is 4.29. The van der Waals surface area contributed by atoms with E-state index in [9.17, 15) is 4.79 Å². The molecule has 0 aromatic heterocycles. The molecule has 0 N–H and O–H groups in total. The van der Waals surface area contributed by atoms with Crippen molar-refractivity contribution in [1.29, 1.82) is 5.26 Å². The molecule has 0 saturated heterocycles. The van der Waals surface area contributed by atoms with Crippen molar-refractivity contribution in [3.8, 4) is 6.07 Å². The van der Waals surface area contributed by atoms with Crippen LogP contribution in [0.1, 0.15) is 15.9 Å². The Morgan fingerprint density at radius 3 is 2.35 bits per heavy atom. The number of hydrogen-bond donors (Lipinski definition) is 0. The van der Waals surface area contributed by atoms with Gasteiger partial charge >= 0.3 is 0 Å². The summed E-state index contributed by atoms with van der Waals surface area (Å²) in [5, 5.41) is 9.54. The van der Waals surface area contributed by atoms with Crippen LogP contribution in [0.2, 0.25) is 10.0 Å². The van der Waals surface area contributed by atoms with E-state index in [0.29, 0.717) is 26.9 Å². The zero-order valence-electron chi connectivity index (χ0n) is 10.6. The summed E-state index contributed by atoms with van der Waals surface area (Å²) in [6.07, 6.45) is 0. The average Bonchev–Trinajstić information content (AvgIpc) is 2.46. The van der Waals surface area contributed by atoms with E-state index in [1.807, 2.05) is 6.07 Å². The smallest absolute Gasteiger partial charge is 0.259 e. The third-order valence-corrected chi connectivity index (χ3v) is 3.40. The molecule has 100 valence electrons. The van der Waals surface area contributed by atoms with Crippen molar-refractivity contribution >= 4 is 34.8 Å². The lowest BCUT2D eigenvalue weighted by Crippen LogP contribution is -2.26. The van der Waals surface area contributed by atoms with Gasteiger partial charge in [-0.05, 0) is 42.5 Å². The summed E-state index contributed by atoms with van der Waals surface area (Å²) >= 11 is 11.8. The van der Waals surface area contributed by atoms with Gasteiger partial charge in [-0.1, -0.05) is 23.2 Å². The first-order chi connectivity index (χ1) is 9.52. The van der Waals surface area contributed by atoms with Gasteiger partial charge in [-0.2, -0.15) is 5.26 Å². The third-order valence-electron chi connectivity index (χ3n) is 2.85. The zero-order chi connectivity index (χ0) is 14.7. The van der Waals surface area contributed by atoms with E-state index in [4.69, 9.17) is 28.5 Å². The largest absolute Gasteiger partial charge is 0.311 e. The average molecular weight is 305 g/mol. The molecular formula is C15H10Cl2N2O. The number of nitrogens with zero attached hydrogens (tertiary/aromatic N) is 2. The fraction of sp³-hybridized carbons (Fsp3) is 0.0667. The lowest BCUT2D eigenvalue weighted by Gasteiger charge is -2.18. The lowest BCUT2D eigenvalue weighted by atomic mass is 10.1. The molecule has 0 bridgehead atoms. The number of hydrogen-bond acceptors (Lipinski definition) is 2. The number of nitriles is 1. The fourth-order valence-corrected chi connectivity index (χ4v) is 2.21. The van der Waals surface area contributed by atoms with Crippen LogP contribution in [0, 0.1) is 11.3 Å². The van der Waals surface area contributed by atoms with Crippen LogP contribution in [-0.2, 0) is 0 Å². The molecule has 2 aromatic carbocycles. The standard InChI is InChI=1S/C15H10Cl2N2O/c1-19(12-5-2-10(9-18)3-6-12)15(20)13-7-4-11(16)8-14(13)17/h2-8H,1H3. The van der Waals surface area contributed by atoms with Crippen LogP contribution in [0.3, 0.4) is 0 Å². The van der Waals surface area contributed by atoms with Crippen molar-refractivity contribution in [3.05, 3.63) is 63.6 Å². The van der Waals surface area contributed by atoms with Crippen molar-refractivity contribution in [2.45, 2.75) is 0 Å². The third kappa shape index (κ3) is 2.93. The molecule has 0 fully saturated rings. The van der Waals surface area contributed by atoms with Crippen LogP contribution >= 0.6 is 23.2 Å². The van der Waals surface area contributed by atoms with Crippen LogP contribution < -0.4 is 4.90 Å². The molecule has 2 aromatic rings. The minimum Gasteiger partial charge on any atom is -0.311 e. The normalized spacial score (nSPS) is 9.90. The maximum Gasteiger partial charge on any atom is 0.259 e. The van der Waals surface area contributed by atoms with E-state index < -0.39 is 0 Å². The molecule has 5 heteroatoms. The van der Waals surface area contributed by atoms with Crippen LogP contribution in [0.4, 0.5) is 5.69 Å². The van der Waals surface area contributed by atoms with Crippen LogP contribution in [0.25, 0.3) is 0 Å². The second-order valence-electron chi connectivity index (χ2n) is 4.15. The van der Waals surface area contributed by atoms with E-state index in [0.717, 1.165) is 0 Å². The summed E-state index contributed by atoms with van der Waals surface area (Å²) in [5.41, 5.74) is 1.60. The van der Waals surface area contributed by atoms with Gasteiger partial charge in [-0.25, -0.2) is 0 Å². The number of carbonyl (C=O) groups is 1. The molecule has 0 spiro atoms. The Morgan fingerprint density at radius 2 is 1.80 bits per heavy atom. The van der Waals surface area contributed by atoms with Crippen molar-refractivity contribution in [1.82, 2.24) is 0 Å². The highest BCUT2D eigenvalue weighted by atomic mass is 35.5. The molecule has 3 nitrogen and oxygen atoms in total. The number of amides is 1. The predicted octanol–water partition coefficient (Wildman–Crippen LogP) is 4.14. The number of rotatable bonds is 2. The van der Waals surface area contributed by atoms with Gasteiger partial charge in [-0.15, -0.1) is 0 Å². The van der Waals surface area contributed by atoms with Gasteiger partial charge in [0, 0.05) is 17.8 Å². The first-order valence-electron chi connectivity index (χ1n) is 5.76. The van der Waals surface area contributed by atoms with Gasteiger partial charge in [0.05, 0.1) is 22.2 Å². The van der Waals surface area contributed by atoms with Gasteiger partial charge in [0.2, 0.25) is 0 Å². The van der Waals surface area contributed by atoms with Gasteiger partial charge in [0.25, 0.3) is 5.91 Å². The van der Waals surface area contributed by atoms with Crippen molar-refractivity contribution in [2.24, 2.45) is 0 Å². The molecule has 0 radical (unpaired) electrons.